The van der Waals surface area contributed by atoms with E-state index in [0.29, 0.717) is 11.3 Å². The van der Waals surface area contributed by atoms with E-state index in [-0.39, 0.29) is 18.5 Å². The minimum absolute atomic E-state index is 0.0843. The van der Waals surface area contributed by atoms with Gasteiger partial charge in [0, 0.05) is 47.1 Å². The third-order valence-electron chi connectivity index (χ3n) is 6.72. The first-order chi connectivity index (χ1) is 17.6. The highest BCUT2D eigenvalue weighted by atomic mass is 16.4. The van der Waals surface area contributed by atoms with Gasteiger partial charge >= 0.3 is 12.0 Å². The van der Waals surface area contributed by atoms with Crippen LogP contribution in [0.2, 0.25) is 0 Å². The van der Waals surface area contributed by atoms with Gasteiger partial charge in [0.15, 0.2) is 0 Å². The zero-order chi connectivity index (χ0) is 24.9. The summed E-state index contributed by atoms with van der Waals surface area (Å²) >= 11 is 0. The monoisotopic (exact) mass is 482 g/mol. The number of hydrogen-bond acceptors (Lipinski definition) is 3. The molecular formula is C29H30N4O3. The van der Waals surface area contributed by atoms with Crippen molar-refractivity contribution in [2.75, 3.05) is 23.3 Å². The number of nitrogens with one attached hydrogen (secondary N) is 3. The Kier molecular flexibility index (Phi) is 6.89. The fourth-order valence-electron chi connectivity index (χ4n) is 5.00. The molecule has 1 atom stereocenters. The molecule has 0 radical (unpaired) electrons. The van der Waals surface area contributed by atoms with Crippen LogP contribution >= 0.6 is 0 Å². The van der Waals surface area contributed by atoms with Crippen LogP contribution in [0.5, 0.6) is 0 Å². The molecule has 3 aromatic carbocycles. The van der Waals surface area contributed by atoms with Crippen molar-refractivity contribution in [2.24, 2.45) is 0 Å². The summed E-state index contributed by atoms with van der Waals surface area (Å²) in [6, 6.07) is 23.1. The number of amides is 2. The number of carboxylic acid groups (broad SMARTS) is 1. The summed E-state index contributed by atoms with van der Waals surface area (Å²) in [7, 11) is 0. The molecule has 1 aliphatic rings. The van der Waals surface area contributed by atoms with Gasteiger partial charge in [0.25, 0.3) is 0 Å². The van der Waals surface area contributed by atoms with E-state index in [2.05, 4.69) is 38.7 Å². The highest BCUT2D eigenvalue weighted by Gasteiger charge is 2.23. The Bertz CT molecular complexity index is 1360. The van der Waals surface area contributed by atoms with Gasteiger partial charge in [0.2, 0.25) is 0 Å². The lowest BCUT2D eigenvalue weighted by atomic mass is 9.96. The molecule has 0 spiro atoms. The lowest BCUT2D eigenvalue weighted by Crippen LogP contribution is -2.35. The average Bonchev–Trinajstić information content (AvgIpc) is 3.29. The summed E-state index contributed by atoms with van der Waals surface area (Å²) in [4.78, 5) is 30.0. The largest absolute Gasteiger partial charge is 0.481 e. The fraction of sp³-hybridized carbons (Fsp3) is 0.241. The molecule has 2 heterocycles. The Morgan fingerprint density at radius 3 is 2.47 bits per heavy atom. The Balaban J connectivity index is 1.42. The molecule has 1 aliphatic heterocycles. The molecule has 1 saturated heterocycles. The molecule has 36 heavy (non-hydrogen) atoms. The molecule has 7 heteroatoms. The number of hydrogen-bond donors (Lipinski definition) is 4. The molecule has 0 saturated carbocycles. The number of nitrogens with zero attached hydrogens (tertiary/aromatic N) is 1. The van der Waals surface area contributed by atoms with E-state index in [4.69, 9.17) is 0 Å². The topological polar surface area (TPSA) is 97.5 Å². The second-order valence-electron chi connectivity index (χ2n) is 9.19. The molecule has 5 rings (SSSR count). The Labute approximate surface area is 210 Å². The first-order valence-corrected chi connectivity index (χ1v) is 12.4. The van der Waals surface area contributed by atoms with E-state index < -0.39 is 5.97 Å². The number of urea groups is 1. The summed E-state index contributed by atoms with van der Waals surface area (Å²) in [5.74, 6) is -0.898. The minimum Gasteiger partial charge on any atom is -0.481 e. The normalized spacial score (nSPS) is 14.4. The SMILES string of the molecule is O=C(O)Cc1c[nH]c2ccc(NC(=O)NC(c3ccccc3)c3ccccc3N3CCCCC3)cc12. The van der Waals surface area contributed by atoms with Crippen molar-refractivity contribution in [3.63, 3.8) is 0 Å². The summed E-state index contributed by atoms with van der Waals surface area (Å²) in [6.07, 6.45) is 5.21. The second kappa shape index (κ2) is 10.6. The number of H-pyrrole nitrogens is 1. The van der Waals surface area contributed by atoms with Gasteiger partial charge in [-0.1, -0.05) is 48.5 Å². The second-order valence-corrected chi connectivity index (χ2v) is 9.19. The van der Waals surface area contributed by atoms with Gasteiger partial charge in [-0.2, -0.15) is 0 Å². The van der Waals surface area contributed by atoms with Crippen LogP contribution in [0.4, 0.5) is 16.2 Å². The number of rotatable bonds is 7. The molecule has 7 nitrogen and oxygen atoms in total. The van der Waals surface area contributed by atoms with Crippen molar-refractivity contribution >= 4 is 34.3 Å². The van der Waals surface area contributed by atoms with Crippen molar-refractivity contribution < 1.29 is 14.7 Å². The maximum atomic E-state index is 13.3. The number of carboxylic acids is 1. The first-order valence-electron chi connectivity index (χ1n) is 12.4. The number of aromatic nitrogens is 1. The summed E-state index contributed by atoms with van der Waals surface area (Å²) in [5, 5.41) is 16.1. The summed E-state index contributed by atoms with van der Waals surface area (Å²) in [6.45, 7) is 2.03. The lowest BCUT2D eigenvalue weighted by Gasteiger charge is -2.33. The van der Waals surface area contributed by atoms with Crippen LogP contribution in [0.3, 0.4) is 0 Å². The van der Waals surface area contributed by atoms with E-state index in [9.17, 15) is 14.7 Å². The van der Waals surface area contributed by atoms with Crippen molar-refractivity contribution in [3.05, 3.63) is 95.7 Å². The van der Waals surface area contributed by atoms with Gasteiger partial charge in [-0.3, -0.25) is 4.79 Å². The number of carbonyl (C=O) groups excluding carboxylic acids is 1. The Hall–Kier alpha value is -4.26. The van der Waals surface area contributed by atoms with Crippen LogP contribution < -0.4 is 15.5 Å². The first kappa shape index (κ1) is 23.5. The van der Waals surface area contributed by atoms with E-state index in [1.165, 1.54) is 19.3 Å². The van der Waals surface area contributed by atoms with Crippen LogP contribution in [0.15, 0.2) is 79.0 Å². The van der Waals surface area contributed by atoms with Crippen molar-refractivity contribution in [2.45, 2.75) is 31.7 Å². The third-order valence-corrected chi connectivity index (χ3v) is 6.72. The van der Waals surface area contributed by atoms with Gasteiger partial charge in [0.1, 0.15) is 0 Å². The predicted octanol–water partition coefficient (Wildman–Crippen LogP) is 5.70. The smallest absolute Gasteiger partial charge is 0.319 e. The van der Waals surface area contributed by atoms with Crippen LogP contribution in [0.25, 0.3) is 10.9 Å². The lowest BCUT2D eigenvalue weighted by molar-refractivity contribution is -0.136. The molecule has 1 fully saturated rings. The van der Waals surface area contributed by atoms with E-state index in [0.717, 1.165) is 40.8 Å². The molecule has 2 amide bonds. The number of anilines is 2. The summed E-state index contributed by atoms with van der Waals surface area (Å²) in [5.41, 5.74) is 5.32. The number of aliphatic carboxylic acids is 1. The molecular weight excluding hydrogens is 452 g/mol. The standard InChI is InChI=1S/C29H30N4O3/c34-27(35)17-21-19-30-25-14-13-22(18-24(21)25)31-29(36)32-28(20-9-3-1-4-10-20)23-11-5-6-12-26(23)33-15-7-2-8-16-33/h1,3-6,9-14,18-19,28,30H,2,7-8,15-17H2,(H,34,35)(H2,31,32,36). The highest BCUT2D eigenvalue weighted by Crippen LogP contribution is 2.32. The van der Waals surface area contributed by atoms with Crippen LogP contribution in [-0.2, 0) is 11.2 Å². The molecule has 184 valence electrons. The number of piperidine rings is 1. The van der Waals surface area contributed by atoms with Crippen LogP contribution in [0.1, 0.15) is 42.0 Å². The molecule has 0 aliphatic carbocycles. The van der Waals surface area contributed by atoms with Crippen molar-refractivity contribution in [3.8, 4) is 0 Å². The number of fused-ring (bicyclic) bond motifs is 1. The van der Waals surface area contributed by atoms with Gasteiger partial charge in [-0.15, -0.1) is 0 Å². The van der Waals surface area contributed by atoms with E-state index in [1.807, 2.05) is 54.6 Å². The quantitative estimate of drug-likeness (QED) is 0.272. The van der Waals surface area contributed by atoms with Crippen molar-refractivity contribution in [1.29, 1.82) is 0 Å². The maximum Gasteiger partial charge on any atom is 0.319 e. The highest BCUT2D eigenvalue weighted by molar-refractivity contribution is 5.95. The fourth-order valence-corrected chi connectivity index (χ4v) is 5.00. The number of benzene rings is 3. The Morgan fingerprint density at radius 1 is 0.944 bits per heavy atom. The van der Waals surface area contributed by atoms with Gasteiger partial charge in [-0.05, 0) is 54.7 Å². The van der Waals surface area contributed by atoms with Gasteiger partial charge < -0.3 is 25.6 Å². The zero-order valence-electron chi connectivity index (χ0n) is 20.0. The molecule has 1 aromatic heterocycles. The number of carbonyl (C=O) groups is 2. The summed E-state index contributed by atoms with van der Waals surface area (Å²) < 4.78 is 0. The zero-order valence-corrected chi connectivity index (χ0v) is 20.0. The van der Waals surface area contributed by atoms with Gasteiger partial charge in [0.05, 0.1) is 12.5 Å². The van der Waals surface area contributed by atoms with Crippen molar-refractivity contribution in [1.82, 2.24) is 10.3 Å². The molecule has 1 unspecified atom stereocenters. The van der Waals surface area contributed by atoms with Gasteiger partial charge in [-0.25, -0.2) is 4.79 Å². The Morgan fingerprint density at radius 2 is 1.69 bits per heavy atom. The molecule has 4 aromatic rings. The molecule has 0 bridgehead atoms. The molecule has 4 N–H and O–H groups in total. The van der Waals surface area contributed by atoms with Crippen LogP contribution in [0, 0.1) is 0 Å². The minimum atomic E-state index is -0.898. The number of para-hydroxylation sites is 1. The predicted molar refractivity (Wildman–Crippen MR) is 143 cm³/mol. The average molecular weight is 483 g/mol. The van der Waals surface area contributed by atoms with E-state index in [1.54, 1.807) is 6.20 Å². The van der Waals surface area contributed by atoms with E-state index >= 15 is 0 Å². The van der Waals surface area contributed by atoms with Crippen LogP contribution in [-0.4, -0.2) is 35.2 Å². The maximum absolute atomic E-state index is 13.3. The third kappa shape index (κ3) is 5.20. The number of aromatic amines is 1.